The Morgan fingerprint density at radius 1 is 1.19 bits per heavy atom. The van der Waals surface area contributed by atoms with Gasteiger partial charge in [-0.1, -0.05) is 13.0 Å². The first-order chi connectivity index (χ1) is 7.39. The highest BCUT2D eigenvalue weighted by molar-refractivity contribution is 5.93. The first-order valence-corrected chi connectivity index (χ1v) is 6.11. The van der Waals surface area contributed by atoms with Crippen LogP contribution in [0.3, 0.4) is 0 Å². The van der Waals surface area contributed by atoms with E-state index >= 15 is 0 Å². The largest absolute Gasteiger partial charge is 0.209 e. The summed E-state index contributed by atoms with van der Waals surface area (Å²) in [6.07, 6.45) is 1.12. The van der Waals surface area contributed by atoms with Crippen molar-refractivity contribution in [3.63, 3.8) is 0 Å². The van der Waals surface area contributed by atoms with Gasteiger partial charge < -0.3 is 0 Å². The average molecular weight is 216 g/mol. The molecule has 0 bridgehead atoms. The fraction of sp³-hybridized carbons (Fsp3) is 0.533. The first kappa shape index (κ1) is 11.4. The lowest BCUT2D eigenvalue weighted by Gasteiger charge is -2.18. The van der Waals surface area contributed by atoms with Gasteiger partial charge in [-0.2, -0.15) is 0 Å². The summed E-state index contributed by atoms with van der Waals surface area (Å²) in [5, 5.41) is 0. The van der Waals surface area contributed by atoms with E-state index in [0.717, 1.165) is 6.42 Å². The molecule has 2 rings (SSSR count). The van der Waals surface area contributed by atoms with Crippen molar-refractivity contribution in [3.05, 3.63) is 28.8 Å². The maximum Gasteiger partial charge on any atom is 0.209 e. The van der Waals surface area contributed by atoms with Gasteiger partial charge in [0.1, 0.15) is 7.05 Å². The molecule has 0 N–H and O–H groups in total. The van der Waals surface area contributed by atoms with Gasteiger partial charge >= 0.3 is 0 Å². The minimum absolute atomic E-state index is 0.184. The molecule has 1 aliphatic rings. The third-order valence-corrected chi connectivity index (χ3v) is 4.12. The molecular formula is C15H22N+. The average Bonchev–Trinajstić information content (AvgIpc) is 2.39. The number of hydrogen-bond acceptors (Lipinski definition) is 0. The maximum atomic E-state index is 2.35. The van der Waals surface area contributed by atoms with Gasteiger partial charge in [0.2, 0.25) is 5.69 Å². The van der Waals surface area contributed by atoms with Crippen molar-refractivity contribution in [1.82, 2.24) is 0 Å². The summed E-state index contributed by atoms with van der Waals surface area (Å²) in [4.78, 5) is 0. The second-order valence-corrected chi connectivity index (χ2v) is 5.44. The molecule has 0 saturated carbocycles. The fourth-order valence-corrected chi connectivity index (χ4v) is 2.89. The van der Waals surface area contributed by atoms with Crippen molar-refractivity contribution in [1.29, 1.82) is 0 Å². The molecule has 1 aromatic carbocycles. The molecule has 0 atom stereocenters. The Balaban J connectivity index is 2.79. The molecule has 0 radical (unpaired) electrons. The maximum absolute atomic E-state index is 2.35. The summed E-state index contributed by atoms with van der Waals surface area (Å²) in [5.74, 6) is 0. The summed E-state index contributed by atoms with van der Waals surface area (Å²) < 4.78 is 2.35. The molecule has 0 unspecified atom stereocenters. The monoisotopic (exact) mass is 216 g/mol. The SMILES string of the molecule is CCc1cc(C)cc2c1C(C)(C)C(C)=[N+]2C. The van der Waals surface area contributed by atoms with Crippen molar-refractivity contribution in [2.24, 2.45) is 0 Å². The van der Waals surface area contributed by atoms with Crippen LogP contribution >= 0.6 is 0 Å². The minimum Gasteiger partial charge on any atom is -0.202 e. The molecule has 0 aliphatic carbocycles. The predicted octanol–water partition coefficient (Wildman–Crippen LogP) is 3.58. The van der Waals surface area contributed by atoms with Gasteiger partial charge in [-0.05, 0) is 38.3 Å². The van der Waals surface area contributed by atoms with Crippen LogP contribution in [0.2, 0.25) is 0 Å². The normalized spacial score (nSPS) is 17.9. The number of fused-ring (bicyclic) bond motifs is 1. The van der Waals surface area contributed by atoms with Crippen LogP contribution in [0, 0.1) is 6.92 Å². The number of hydrogen-bond donors (Lipinski definition) is 0. The molecule has 0 fully saturated rings. The lowest BCUT2D eigenvalue weighted by molar-refractivity contribution is -0.403. The van der Waals surface area contributed by atoms with E-state index < -0.39 is 0 Å². The highest BCUT2D eigenvalue weighted by atomic mass is 15.0. The van der Waals surface area contributed by atoms with Crippen LogP contribution in [0.15, 0.2) is 12.1 Å². The van der Waals surface area contributed by atoms with Crippen LogP contribution in [0.1, 0.15) is 44.4 Å². The van der Waals surface area contributed by atoms with Crippen LogP contribution in [0.5, 0.6) is 0 Å². The highest BCUT2D eigenvalue weighted by Gasteiger charge is 2.42. The number of benzene rings is 1. The molecule has 0 aromatic heterocycles. The number of nitrogens with zero attached hydrogens (tertiary/aromatic N) is 1. The zero-order chi connectivity index (χ0) is 12.1. The summed E-state index contributed by atoms with van der Waals surface area (Å²) in [5.41, 5.74) is 7.43. The zero-order valence-corrected chi connectivity index (χ0v) is 11.3. The minimum atomic E-state index is 0.184. The molecule has 0 amide bonds. The molecule has 1 nitrogen and oxygen atoms in total. The molecule has 0 spiro atoms. The molecular weight excluding hydrogens is 194 g/mol. The van der Waals surface area contributed by atoms with Gasteiger partial charge in [-0.3, -0.25) is 0 Å². The van der Waals surface area contributed by atoms with Gasteiger partial charge in [0.25, 0.3) is 0 Å². The summed E-state index contributed by atoms with van der Waals surface area (Å²) >= 11 is 0. The van der Waals surface area contributed by atoms with Crippen molar-refractivity contribution in [2.75, 3.05) is 7.05 Å². The third-order valence-electron chi connectivity index (χ3n) is 4.12. The van der Waals surface area contributed by atoms with Crippen molar-refractivity contribution in [2.45, 2.75) is 46.5 Å². The second kappa shape index (κ2) is 3.44. The predicted molar refractivity (Wildman–Crippen MR) is 70.1 cm³/mol. The molecule has 1 heteroatoms. The van der Waals surface area contributed by atoms with E-state index in [9.17, 15) is 0 Å². The lowest BCUT2D eigenvalue weighted by Crippen LogP contribution is -2.26. The standard InChI is InChI=1S/C15H22N/c1-7-12-8-10(2)9-13-14(12)15(4,5)11(3)16(13)6/h8-9H,7H2,1-6H3/q+1. The Hall–Kier alpha value is -1.11. The molecule has 0 saturated heterocycles. The van der Waals surface area contributed by atoms with E-state index in [0.29, 0.717) is 0 Å². The fourth-order valence-electron chi connectivity index (χ4n) is 2.89. The zero-order valence-electron chi connectivity index (χ0n) is 11.3. The lowest BCUT2D eigenvalue weighted by atomic mass is 9.79. The van der Waals surface area contributed by atoms with E-state index in [4.69, 9.17) is 0 Å². The van der Waals surface area contributed by atoms with Crippen molar-refractivity contribution >= 4 is 11.4 Å². The topological polar surface area (TPSA) is 3.01 Å². The van der Waals surface area contributed by atoms with Crippen LogP contribution in [0.4, 0.5) is 5.69 Å². The molecule has 86 valence electrons. The van der Waals surface area contributed by atoms with E-state index in [1.165, 1.54) is 28.1 Å². The number of rotatable bonds is 1. The Labute approximate surface area is 98.8 Å². The Kier molecular flexibility index (Phi) is 2.45. The van der Waals surface area contributed by atoms with Gasteiger partial charge in [0, 0.05) is 18.6 Å². The molecule has 1 aromatic rings. The van der Waals surface area contributed by atoms with E-state index in [2.05, 4.69) is 58.4 Å². The summed E-state index contributed by atoms with van der Waals surface area (Å²) in [7, 11) is 2.18. The Morgan fingerprint density at radius 3 is 2.38 bits per heavy atom. The molecule has 1 aliphatic heterocycles. The Morgan fingerprint density at radius 2 is 1.81 bits per heavy atom. The van der Waals surface area contributed by atoms with Gasteiger partial charge in [0.05, 0.1) is 5.41 Å². The van der Waals surface area contributed by atoms with Crippen molar-refractivity contribution < 1.29 is 4.58 Å². The van der Waals surface area contributed by atoms with Crippen LogP contribution in [0.25, 0.3) is 0 Å². The summed E-state index contributed by atoms with van der Waals surface area (Å²) in [6, 6.07) is 4.65. The smallest absolute Gasteiger partial charge is 0.202 e. The van der Waals surface area contributed by atoms with Gasteiger partial charge in [0.15, 0.2) is 5.71 Å². The van der Waals surface area contributed by atoms with Gasteiger partial charge in [-0.15, -0.1) is 0 Å². The van der Waals surface area contributed by atoms with E-state index in [-0.39, 0.29) is 5.41 Å². The van der Waals surface area contributed by atoms with Crippen molar-refractivity contribution in [3.8, 4) is 0 Å². The van der Waals surface area contributed by atoms with E-state index in [1.807, 2.05) is 0 Å². The van der Waals surface area contributed by atoms with Crippen LogP contribution in [-0.4, -0.2) is 17.3 Å². The first-order valence-electron chi connectivity index (χ1n) is 6.11. The quantitative estimate of drug-likeness (QED) is 0.631. The summed E-state index contributed by atoms with van der Waals surface area (Å²) in [6.45, 7) is 11.3. The third kappa shape index (κ3) is 1.34. The highest BCUT2D eigenvalue weighted by Crippen LogP contribution is 2.41. The Bertz CT molecular complexity index is 478. The number of aryl methyl sites for hydroxylation is 2. The van der Waals surface area contributed by atoms with Crippen LogP contribution < -0.4 is 0 Å². The van der Waals surface area contributed by atoms with Crippen LogP contribution in [-0.2, 0) is 11.8 Å². The van der Waals surface area contributed by atoms with E-state index in [1.54, 1.807) is 0 Å². The molecule has 1 heterocycles. The second-order valence-electron chi connectivity index (χ2n) is 5.44. The molecule has 16 heavy (non-hydrogen) atoms. The van der Waals surface area contributed by atoms with Gasteiger partial charge in [-0.25, -0.2) is 4.58 Å².